The van der Waals surface area contributed by atoms with Crippen molar-refractivity contribution in [2.75, 3.05) is 0 Å². The van der Waals surface area contributed by atoms with Gasteiger partial charge in [0.1, 0.15) is 196 Å². The summed E-state index contributed by atoms with van der Waals surface area (Å²) in [5.41, 5.74) is 0. The van der Waals surface area contributed by atoms with Crippen LogP contribution in [-0.2, 0) is 190 Å². The average molecular weight is 2090 g/mol. The molecular weight excluding hydrogens is 1930 g/mol. The molecule has 0 radical (unpaired) electrons. The molecule has 0 saturated carbocycles. The molecule has 138 heavy (non-hydrogen) atoms. The number of aromatic nitrogens is 24. The van der Waals surface area contributed by atoms with E-state index in [2.05, 4.69) is 417 Å². The largest absolute Gasteiger partial charge is 0.786 e. The summed E-state index contributed by atoms with van der Waals surface area (Å²) in [7, 11) is -9.43. The van der Waals surface area contributed by atoms with Crippen LogP contribution in [0.2, 0.25) is 0 Å². The van der Waals surface area contributed by atoms with Crippen LogP contribution in [0.1, 0.15) is 160 Å². The maximum absolute atomic E-state index is 10.1. The lowest BCUT2D eigenvalue weighted by Gasteiger charge is -2.15. The number of halogens is 6. The molecule has 0 spiro atoms. The highest BCUT2D eigenvalue weighted by molar-refractivity contribution is 7.43. The van der Waals surface area contributed by atoms with Gasteiger partial charge in [-0.2, -0.15) is 0 Å². The molecule has 0 aliphatic carbocycles. The minimum Gasteiger partial charge on any atom is -0.786 e. The van der Waals surface area contributed by atoms with Crippen molar-refractivity contribution in [2.24, 2.45) is 84.6 Å². The lowest BCUT2D eigenvalue weighted by Crippen LogP contribution is -2.23. The third kappa shape index (κ3) is 111. The normalized spacial score (nSPS) is 10.4. The molecule has 0 amide bonds. The molecule has 0 bridgehead atoms. The van der Waals surface area contributed by atoms with Crippen LogP contribution in [0.15, 0.2) is 225 Å². The minimum atomic E-state index is -5.64. The number of rotatable bonds is 24. The monoisotopic (exact) mass is 2090 g/mol. The third-order valence-corrected chi connectivity index (χ3v) is 15.7. The Labute approximate surface area is 812 Å². The van der Waals surface area contributed by atoms with E-state index in [1.54, 1.807) is 0 Å². The zero-order valence-corrected chi connectivity index (χ0v) is 90.2. The molecule has 792 valence electrons. The van der Waals surface area contributed by atoms with Gasteiger partial charge in [-0.1, -0.05) is 83.1 Å². The second-order valence-electron chi connectivity index (χ2n) is 30.4. The smallest absolute Gasteiger partial charge is 0.243 e. The second kappa shape index (κ2) is 81.7. The summed E-state index contributed by atoms with van der Waals surface area (Å²) in [5.74, 6) is 0. The maximum Gasteiger partial charge on any atom is 0.243 e. The number of hydrogen-bond acceptors (Lipinski definition) is 18. The van der Waals surface area contributed by atoms with E-state index in [9.17, 15) is 25.2 Å². The van der Waals surface area contributed by atoms with E-state index in [0.717, 1.165) is 78.5 Å². The van der Waals surface area contributed by atoms with Gasteiger partial charge in [0.15, 0.2) is 0 Å². The first-order valence-corrected chi connectivity index (χ1v) is 52.9. The van der Waals surface area contributed by atoms with Crippen LogP contribution in [0, 0.1) is 0 Å². The van der Waals surface area contributed by atoms with Crippen molar-refractivity contribution in [3.05, 3.63) is 225 Å². The van der Waals surface area contributed by atoms with Crippen molar-refractivity contribution in [3.63, 3.8) is 0 Å². The molecule has 54 heteroatoms. The molecule has 0 aromatic carbocycles. The lowest BCUT2D eigenvalue weighted by molar-refractivity contribution is -0.671. The second-order valence-corrected chi connectivity index (χ2v) is 35.6. The van der Waals surface area contributed by atoms with E-state index < -0.39 is 47.4 Å². The fraction of sp³-hybridized carbons (Fsp3) is 0.571. The summed E-state index contributed by atoms with van der Waals surface area (Å²) in [6.07, 6.45) is 89.1. The van der Waals surface area contributed by atoms with Gasteiger partial charge in [0, 0.05) is 0 Å². The van der Waals surface area contributed by atoms with E-state index >= 15 is 0 Å². The predicted octanol–water partition coefficient (Wildman–Crippen LogP) is 1.38. The van der Waals surface area contributed by atoms with Crippen LogP contribution < -0.4 is 114 Å². The van der Waals surface area contributed by atoms with Crippen LogP contribution >= 0.6 is 47.4 Å². The standard InChI is InChI=1S/12C7H13N2.6FH2O3P/c12*1-3-4-9-6-5-8(2)7-9;6*1-5(2,3)4/h12*5-7H,3-4H2,1-2H3;6*(H2,2,3,4)/q12*+1;;;;;;/p-12. The average Bonchev–Trinajstić information content (AvgIpc) is 1.88. The summed E-state index contributed by atoms with van der Waals surface area (Å²) >= 11 is 0. The van der Waals surface area contributed by atoms with Crippen LogP contribution in [0.4, 0.5) is 25.2 Å². The molecule has 0 unspecified atom stereocenters. The Kier molecular flexibility index (Phi) is 82.7. The van der Waals surface area contributed by atoms with Gasteiger partial charge in [0.25, 0.3) is 0 Å². The van der Waals surface area contributed by atoms with E-state index in [0.29, 0.717) is 0 Å². The number of imidazole rings is 12. The van der Waals surface area contributed by atoms with Crippen LogP contribution in [0.3, 0.4) is 0 Å². The summed E-state index contributed by atoms with van der Waals surface area (Å²) in [5, 5.41) is 0. The zero-order valence-electron chi connectivity index (χ0n) is 84.8. The van der Waals surface area contributed by atoms with Crippen molar-refractivity contribution < 1.29 is 166 Å². The Bertz CT molecular complexity index is 4070. The molecule has 0 aliphatic rings. The van der Waals surface area contributed by atoms with Gasteiger partial charge in [-0.25, -0.2) is 135 Å². The first-order valence-electron chi connectivity index (χ1n) is 44.3. The molecule has 42 nitrogen and oxygen atoms in total. The van der Waals surface area contributed by atoms with Gasteiger partial charge < -0.3 is 86.1 Å². The van der Waals surface area contributed by atoms with Crippen molar-refractivity contribution in [2.45, 2.75) is 239 Å². The summed E-state index contributed by atoms with van der Waals surface area (Å²) in [6, 6.07) is 0. The molecule has 12 rings (SSSR count). The Morgan fingerprint density at radius 1 is 0.159 bits per heavy atom. The van der Waals surface area contributed by atoms with E-state index in [1.165, 1.54) is 77.0 Å². The number of nitrogens with zero attached hydrogens (tertiary/aromatic N) is 24. The molecule has 12 aromatic heterocycles. The zero-order chi connectivity index (χ0) is 107. The fourth-order valence-corrected chi connectivity index (χ4v) is 10.7. The Hall–Kier alpha value is -9.00. The van der Waals surface area contributed by atoms with Gasteiger partial charge in [0.05, 0.1) is 163 Å². The molecule has 12 heterocycles. The minimum absolute atomic E-state index is 1.13. The molecule has 12 aromatic rings. The van der Waals surface area contributed by atoms with E-state index in [-0.39, 0.29) is 0 Å². The fourth-order valence-electron chi connectivity index (χ4n) is 10.7. The molecule has 0 aliphatic heterocycles. The van der Waals surface area contributed by atoms with Gasteiger partial charge in [0.2, 0.25) is 75.9 Å². The Morgan fingerprint density at radius 3 is 0.239 bits per heavy atom. The Morgan fingerprint density at radius 2 is 0.210 bits per heavy atom. The topological polar surface area (TPSA) is 485 Å². The van der Waals surface area contributed by atoms with Gasteiger partial charge in [-0.05, 0) is 77.0 Å². The van der Waals surface area contributed by atoms with E-state index in [4.69, 9.17) is 86.1 Å². The molecule has 0 saturated heterocycles. The maximum atomic E-state index is 10.1. The number of hydrogen-bond donors (Lipinski definition) is 0. The highest BCUT2D eigenvalue weighted by atomic mass is 31.2. The quantitative estimate of drug-likeness (QED) is 0.0468. The first kappa shape index (κ1) is 140. The van der Waals surface area contributed by atoms with Gasteiger partial charge in [-0.15, -0.1) is 0 Å². The number of aryl methyl sites for hydroxylation is 24. The van der Waals surface area contributed by atoms with Crippen LogP contribution in [0.5, 0.6) is 0 Å². The molecule has 0 atom stereocenters. The highest BCUT2D eigenvalue weighted by Crippen LogP contribution is 2.25. The summed E-state index contributed by atoms with van der Waals surface area (Å²) < 4.78 is 162. The van der Waals surface area contributed by atoms with E-state index in [1.807, 2.05) is 84.6 Å². The first-order chi connectivity index (χ1) is 63.9. The van der Waals surface area contributed by atoms with Crippen LogP contribution in [-0.4, -0.2) is 54.8 Å². The third-order valence-electron chi connectivity index (χ3n) is 15.7. The predicted molar refractivity (Wildman–Crippen MR) is 483 cm³/mol. The van der Waals surface area contributed by atoms with Gasteiger partial charge in [-0.3, -0.25) is 0 Å². The highest BCUT2D eigenvalue weighted by Gasteiger charge is 2.04. The molecule has 0 N–H and O–H groups in total. The van der Waals surface area contributed by atoms with Crippen molar-refractivity contribution >= 4 is 47.4 Å². The Balaban J connectivity index is -0.000000336. The lowest BCUT2D eigenvalue weighted by atomic mass is 10.5. The van der Waals surface area contributed by atoms with Crippen molar-refractivity contribution in [1.29, 1.82) is 0 Å². The molecular formula is C84H156F6N24O18P6. The van der Waals surface area contributed by atoms with Crippen LogP contribution in [0.25, 0.3) is 0 Å². The van der Waals surface area contributed by atoms with Gasteiger partial charge >= 0.3 is 0 Å². The summed E-state index contributed by atoms with van der Waals surface area (Å²) in [4.78, 5) is 101. The summed E-state index contributed by atoms with van der Waals surface area (Å²) in [6.45, 7) is 39.7. The SMILES string of the molecule is CCCn1cc[n+](C)c1.CCCn1cc[n+](C)c1.CCCn1cc[n+](C)c1.CCCn1cc[n+](C)c1.CCCn1cc[n+](C)c1.CCCn1cc[n+](C)c1.CCCn1cc[n+](C)c1.CCCn1cc[n+](C)c1.CCCn1cc[n+](C)c1.CCCn1cc[n+](C)c1.CCCn1cc[n+](C)c1.CCCn1cc[n+](C)c1.O=P([O-])([O-])F.O=P([O-])([O-])F.O=P([O-])([O-])F.O=P([O-])([O-])F.O=P([O-])([O-])F.O=P([O-])([O-])F. The van der Waals surface area contributed by atoms with Crippen molar-refractivity contribution in [3.8, 4) is 0 Å². The molecule has 0 fully saturated rings. The van der Waals surface area contributed by atoms with Crippen molar-refractivity contribution in [1.82, 2.24) is 54.8 Å².